The van der Waals surface area contributed by atoms with E-state index in [0.29, 0.717) is 11.6 Å². The maximum absolute atomic E-state index is 12.3. The molecule has 0 spiro atoms. The van der Waals surface area contributed by atoms with E-state index in [1.807, 2.05) is 49.4 Å². The van der Waals surface area contributed by atoms with E-state index in [0.717, 1.165) is 21.4 Å². The Morgan fingerprint density at radius 1 is 1.16 bits per heavy atom. The second-order valence-corrected chi connectivity index (χ2v) is 5.81. The van der Waals surface area contributed by atoms with E-state index in [4.69, 9.17) is 4.42 Å². The van der Waals surface area contributed by atoms with Crippen LogP contribution in [0.5, 0.6) is 0 Å². The smallest absolute Gasteiger partial charge is 0.207 e. The number of hydrogen-bond donors (Lipinski definition) is 0. The van der Waals surface area contributed by atoms with Gasteiger partial charge in [-0.1, -0.05) is 30.3 Å². The highest BCUT2D eigenvalue weighted by molar-refractivity contribution is 7.84. The highest BCUT2D eigenvalue weighted by Crippen LogP contribution is 2.19. The molecule has 4 heteroatoms. The van der Waals surface area contributed by atoms with Crippen molar-refractivity contribution in [1.82, 2.24) is 4.98 Å². The van der Waals surface area contributed by atoms with Gasteiger partial charge in [0.1, 0.15) is 11.5 Å². The van der Waals surface area contributed by atoms with Crippen molar-refractivity contribution >= 4 is 21.6 Å². The molecule has 0 bridgehead atoms. The van der Waals surface area contributed by atoms with Gasteiger partial charge in [0.2, 0.25) is 5.89 Å². The Hall–Kier alpha value is -1.94. The first-order valence-corrected chi connectivity index (χ1v) is 7.33. The van der Waals surface area contributed by atoms with E-state index in [2.05, 4.69) is 4.98 Å². The Kier molecular flexibility index (Phi) is 3.17. The first-order valence-electron chi connectivity index (χ1n) is 6.01. The van der Waals surface area contributed by atoms with Crippen LogP contribution < -0.4 is 0 Å². The van der Waals surface area contributed by atoms with Gasteiger partial charge < -0.3 is 4.42 Å². The van der Waals surface area contributed by atoms with Crippen molar-refractivity contribution in [3.05, 3.63) is 60.3 Å². The summed E-state index contributed by atoms with van der Waals surface area (Å²) in [5, 5.41) is 2.24. The topological polar surface area (TPSA) is 43.1 Å². The van der Waals surface area contributed by atoms with E-state index >= 15 is 0 Å². The monoisotopic (exact) mass is 271 g/mol. The van der Waals surface area contributed by atoms with Crippen molar-refractivity contribution < 1.29 is 8.63 Å². The van der Waals surface area contributed by atoms with Gasteiger partial charge in [0.05, 0.1) is 17.0 Å². The van der Waals surface area contributed by atoms with Crippen molar-refractivity contribution in [3.63, 3.8) is 0 Å². The van der Waals surface area contributed by atoms with Crippen molar-refractivity contribution in [2.45, 2.75) is 17.6 Å². The number of oxazole rings is 1. The number of rotatable bonds is 3. The normalized spacial score (nSPS) is 12.7. The summed E-state index contributed by atoms with van der Waals surface area (Å²) in [5.74, 6) is 1.57. The summed E-state index contributed by atoms with van der Waals surface area (Å²) in [6.07, 6.45) is 1.65. The lowest BCUT2D eigenvalue weighted by Gasteiger charge is -2.02. The van der Waals surface area contributed by atoms with Crippen LogP contribution in [0.3, 0.4) is 0 Å². The summed E-state index contributed by atoms with van der Waals surface area (Å²) in [6.45, 7) is 1.83. The van der Waals surface area contributed by atoms with Crippen LogP contribution in [0.25, 0.3) is 10.8 Å². The minimum atomic E-state index is -1.13. The first-order chi connectivity index (χ1) is 9.22. The van der Waals surface area contributed by atoms with E-state index in [-0.39, 0.29) is 0 Å². The third kappa shape index (κ3) is 2.58. The maximum atomic E-state index is 12.3. The molecule has 0 aliphatic carbocycles. The Bertz CT molecular complexity index is 748. The summed E-state index contributed by atoms with van der Waals surface area (Å²) < 4.78 is 17.6. The molecule has 0 saturated carbocycles. The van der Waals surface area contributed by atoms with Crippen molar-refractivity contribution in [3.8, 4) is 0 Å². The highest BCUT2D eigenvalue weighted by Gasteiger charge is 2.09. The van der Waals surface area contributed by atoms with E-state index in [9.17, 15) is 4.21 Å². The number of aryl methyl sites for hydroxylation is 1. The van der Waals surface area contributed by atoms with Gasteiger partial charge in [-0.25, -0.2) is 4.98 Å². The molecule has 1 unspecified atom stereocenters. The molecule has 0 N–H and O–H groups in total. The molecule has 2 aromatic carbocycles. The molecule has 3 rings (SSSR count). The summed E-state index contributed by atoms with van der Waals surface area (Å²) >= 11 is 0. The number of hydrogen-bond acceptors (Lipinski definition) is 3. The molecule has 1 heterocycles. The van der Waals surface area contributed by atoms with Crippen LogP contribution in [0.15, 0.2) is 58.0 Å². The molecule has 0 aliphatic rings. The maximum Gasteiger partial charge on any atom is 0.207 e. The van der Waals surface area contributed by atoms with E-state index in [1.54, 1.807) is 6.20 Å². The van der Waals surface area contributed by atoms with Gasteiger partial charge in [-0.3, -0.25) is 4.21 Å². The highest BCUT2D eigenvalue weighted by atomic mass is 32.2. The minimum absolute atomic E-state index is 0.312. The van der Waals surface area contributed by atoms with Crippen LogP contribution in [0.4, 0.5) is 0 Å². The lowest BCUT2D eigenvalue weighted by atomic mass is 10.1. The number of aromatic nitrogens is 1. The van der Waals surface area contributed by atoms with E-state index < -0.39 is 10.8 Å². The van der Waals surface area contributed by atoms with Crippen LogP contribution >= 0.6 is 0 Å². The summed E-state index contributed by atoms with van der Waals surface area (Å²) in [6, 6.07) is 13.9. The second kappa shape index (κ2) is 4.97. The van der Waals surface area contributed by atoms with Gasteiger partial charge in [0, 0.05) is 4.90 Å². The first kappa shape index (κ1) is 12.1. The molecule has 0 aliphatic heterocycles. The third-order valence-electron chi connectivity index (χ3n) is 2.91. The quantitative estimate of drug-likeness (QED) is 0.733. The van der Waals surface area contributed by atoms with Gasteiger partial charge in [-0.05, 0) is 29.8 Å². The lowest BCUT2D eigenvalue weighted by Crippen LogP contribution is -1.96. The lowest BCUT2D eigenvalue weighted by molar-refractivity contribution is 0.488. The molecular formula is C15H13NO2S. The van der Waals surface area contributed by atoms with Gasteiger partial charge in [0.25, 0.3) is 0 Å². The molecule has 0 fully saturated rings. The second-order valence-electron chi connectivity index (χ2n) is 4.36. The SMILES string of the molecule is Cc1cnc(CS(=O)c2ccc3ccccc3c2)o1. The van der Waals surface area contributed by atoms with Crippen LogP contribution in [0.2, 0.25) is 0 Å². The minimum Gasteiger partial charge on any atom is -0.445 e. The van der Waals surface area contributed by atoms with Crippen molar-refractivity contribution in [1.29, 1.82) is 0 Å². The van der Waals surface area contributed by atoms with Crippen molar-refractivity contribution in [2.75, 3.05) is 0 Å². The zero-order valence-electron chi connectivity index (χ0n) is 10.5. The molecule has 3 aromatic rings. The largest absolute Gasteiger partial charge is 0.445 e. The summed E-state index contributed by atoms with van der Waals surface area (Å²) in [5.41, 5.74) is 0. The fourth-order valence-electron chi connectivity index (χ4n) is 1.97. The molecule has 3 nitrogen and oxygen atoms in total. The standard InChI is InChI=1S/C15H13NO2S/c1-11-9-16-15(18-11)10-19(17)14-7-6-12-4-2-3-5-13(12)8-14/h2-9H,10H2,1H3. The van der Waals surface area contributed by atoms with Gasteiger partial charge in [0.15, 0.2) is 0 Å². The predicted molar refractivity (Wildman–Crippen MR) is 75.3 cm³/mol. The third-order valence-corrected chi connectivity index (χ3v) is 4.20. The molecule has 96 valence electrons. The van der Waals surface area contributed by atoms with Crippen LogP contribution in [-0.2, 0) is 16.6 Å². The number of fused-ring (bicyclic) bond motifs is 1. The molecule has 0 amide bonds. The zero-order valence-corrected chi connectivity index (χ0v) is 11.3. The van der Waals surface area contributed by atoms with Gasteiger partial charge in [-0.2, -0.15) is 0 Å². The number of benzene rings is 2. The van der Waals surface area contributed by atoms with Crippen molar-refractivity contribution in [2.24, 2.45) is 0 Å². The Balaban J connectivity index is 1.89. The Morgan fingerprint density at radius 2 is 1.95 bits per heavy atom. The van der Waals surface area contributed by atoms with Gasteiger partial charge in [-0.15, -0.1) is 0 Å². The van der Waals surface area contributed by atoms with Gasteiger partial charge >= 0.3 is 0 Å². The zero-order chi connectivity index (χ0) is 13.2. The molecule has 0 radical (unpaired) electrons. The average molecular weight is 271 g/mol. The molecule has 1 atom stereocenters. The molecular weight excluding hydrogens is 258 g/mol. The summed E-state index contributed by atoms with van der Waals surface area (Å²) in [4.78, 5) is 4.88. The predicted octanol–water partition coefficient (Wildman–Crippen LogP) is 3.44. The fraction of sp³-hybridized carbons (Fsp3) is 0.133. The van der Waals surface area contributed by atoms with E-state index in [1.165, 1.54) is 0 Å². The Labute approximate surface area is 113 Å². The van der Waals surface area contributed by atoms with Crippen LogP contribution in [0.1, 0.15) is 11.7 Å². The number of nitrogens with zero attached hydrogens (tertiary/aromatic N) is 1. The molecule has 1 aromatic heterocycles. The van der Waals surface area contributed by atoms with Crippen LogP contribution in [0, 0.1) is 6.92 Å². The van der Waals surface area contributed by atoms with Crippen LogP contribution in [-0.4, -0.2) is 9.19 Å². The summed E-state index contributed by atoms with van der Waals surface area (Å²) in [7, 11) is -1.13. The molecule has 19 heavy (non-hydrogen) atoms. The average Bonchev–Trinajstić information content (AvgIpc) is 2.83. The molecule has 0 saturated heterocycles. The Morgan fingerprint density at radius 3 is 2.68 bits per heavy atom. The fourth-order valence-corrected chi connectivity index (χ4v) is 2.98.